The first-order valence-electron chi connectivity index (χ1n) is 11.7. The molecule has 2 unspecified atom stereocenters. The average Bonchev–Trinajstić information content (AvgIpc) is 3.08. The molecule has 0 spiro atoms. The number of ether oxygens (including phenoxy) is 1. The zero-order chi connectivity index (χ0) is 23.5. The van der Waals surface area contributed by atoms with E-state index in [0.717, 1.165) is 43.3 Å². The number of nitrogens with zero attached hydrogens (tertiary/aromatic N) is 4. The Balaban J connectivity index is 1.36. The van der Waals surface area contributed by atoms with Gasteiger partial charge < -0.3 is 25.6 Å². The van der Waals surface area contributed by atoms with Crippen molar-refractivity contribution in [2.75, 3.05) is 34.1 Å². The topological polar surface area (TPSA) is 104 Å². The molecule has 2 amide bonds. The van der Waals surface area contributed by atoms with Crippen LogP contribution in [0.1, 0.15) is 26.7 Å². The predicted molar refractivity (Wildman–Crippen MR) is 133 cm³/mol. The van der Waals surface area contributed by atoms with Crippen LogP contribution >= 0.6 is 0 Å². The number of rotatable bonds is 6. The van der Waals surface area contributed by atoms with Crippen LogP contribution < -0.4 is 20.9 Å². The van der Waals surface area contributed by atoms with Crippen molar-refractivity contribution in [1.82, 2.24) is 15.0 Å². The molecule has 0 radical (unpaired) electrons. The molecule has 3 N–H and O–H groups in total. The first kappa shape index (κ1) is 22.1. The van der Waals surface area contributed by atoms with E-state index in [1.54, 1.807) is 24.5 Å². The highest BCUT2D eigenvalue weighted by Gasteiger charge is 2.38. The smallest absolute Gasteiger partial charge is 0.323 e. The largest absolute Gasteiger partial charge is 0.377 e. The minimum absolute atomic E-state index is 0.252. The van der Waals surface area contributed by atoms with Crippen molar-refractivity contribution in [1.29, 1.82) is 0 Å². The fourth-order valence-corrected chi connectivity index (χ4v) is 4.50. The molecule has 5 rings (SSSR count). The average molecular weight is 460 g/mol. The standard InChI is InChI=1S/C25H29N7O2/c1-16(2)27-22-12-23(32-20-9-10-21(32)15-34-14-20)31-24(30-22)17-5-7-18(8-6-17)28-25(33)29-19-4-3-11-26-13-19/h3-8,11-13,16,20-21H,9-10,14-15H2,1-2H3,(H,27,30,31)(H2,28,29,33). The molecule has 2 aliphatic heterocycles. The second-order valence-corrected chi connectivity index (χ2v) is 8.96. The molecule has 2 bridgehead atoms. The van der Waals surface area contributed by atoms with E-state index in [-0.39, 0.29) is 12.1 Å². The van der Waals surface area contributed by atoms with E-state index in [2.05, 4.69) is 39.7 Å². The van der Waals surface area contributed by atoms with Crippen LogP contribution in [0.3, 0.4) is 0 Å². The molecule has 2 fully saturated rings. The summed E-state index contributed by atoms with van der Waals surface area (Å²) in [6, 6.07) is 13.8. The third-order valence-corrected chi connectivity index (χ3v) is 5.97. The number of nitrogens with one attached hydrogen (secondary N) is 3. The number of carbonyl (C=O) groups excluding carboxylic acids is 1. The van der Waals surface area contributed by atoms with E-state index in [4.69, 9.17) is 14.7 Å². The SMILES string of the molecule is CC(C)Nc1cc(N2C3CCC2COC3)nc(-c2ccc(NC(=O)Nc3cccnc3)cc2)n1. The van der Waals surface area contributed by atoms with Gasteiger partial charge in [-0.2, -0.15) is 0 Å². The summed E-state index contributed by atoms with van der Waals surface area (Å²) in [5.74, 6) is 2.39. The Hall–Kier alpha value is -3.72. The van der Waals surface area contributed by atoms with Crippen LogP contribution in [0.25, 0.3) is 11.4 Å². The molecule has 34 heavy (non-hydrogen) atoms. The monoisotopic (exact) mass is 459 g/mol. The lowest BCUT2D eigenvalue weighted by molar-refractivity contribution is 0.0902. The molecule has 2 aliphatic rings. The van der Waals surface area contributed by atoms with Crippen LogP contribution in [0.4, 0.5) is 27.8 Å². The summed E-state index contributed by atoms with van der Waals surface area (Å²) in [7, 11) is 0. The number of pyridine rings is 1. The lowest BCUT2D eigenvalue weighted by Crippen LogP contribution is -2.46. The first-order chi connectivity index (χ1) is 16.5. The van der Waals surface area contributed by atoms with E-state index < -0.39 is 0 Å². The van der Waals surface area contributed by atoms with Gasteiger partial charge in [0, 0.05) is 29.6 Å². The van der Waals surface area contributed by atoms with Crippen LogP contribution in [0.5, 0.6) is 0 Å². The van der Waals surface area contributed by atoms with E-state index in [1.807, 2.05) is 30.3 Å². The van der Waals surface area contributed by atoms with Crippen molar-refractivity contribution < 1.29 is 9.53 Å². The molecule has 4 heterocycles. The van der Waals surface area contributed by atoms with Gasteiger partial charge in [0.1, 0.15) is 11.6 Å². The Bertz CT molecular complexity index is 1120. The fraction of sp³-hybridized carbons (Fsp3) is 0.360. The number of hydrogen-bond acceptors (Lipinski definition) is 7. The lowest BCUT2D eigenvalue weighted by Gasteiger charge is -2.36. The van der Waals surface area contributed by atoms with E-state index in [1.165, 1.54) is 0 Å². The second kappa shape index (κ2) is 9.64. The van der Waals surface area contributed by atoms with Crippen LogP contribution in [0, 0.1) is 0 Å². The van der Waals surface area contributed by atoms with Gasteiger partial charge in [0.05, 0.1) is 37.2 Å². The fourth-order valence-electron chi connectivity index (χ4n) is 4.50. The second-order valence-electron chi connectivity index (χ2n) is 8.96. The highest BCUT2D eigenvalue weighted by molar-refractivity contribution is 5.99. The van der Waals surface area contributed by atoms with Gasteiger partial charge in [0.15, 0.2) is 5.82 Å². The summed E-state index contributed by atoms with van der Waals surface area (Å²) < 4.78 is 5.76. The quantitative estimate of drug-likeness (QED) is 0.503. The number of benzene rings is 1. The van der Waals surface area contributed by atoms with Crippen molar-refractivity contribution in [2.24, 2.45) is 0 Å². The molecule has 0 saturated carbocycles. The Morgan fingerprint density at radius 3 is 2.44 bits per heavy atom. The van der Waals surface area contributed by atoms with E-state index in [9.17, 15) is 4.79 Å². The molecule has 2 atom stereocenters. The maximum atomic E-state index is 12.3. The molecule has 3 aromatic rings. The molecular weight excluding hydrogens is 430 g/mol. The highest BCUT2D eigenvalue weighted by Crippen LogP contribution is 2.35. The normalized spacial score (nSPS) is 19.2. The van der Waals surface area contributed by atoms with Gasteiger partial charge in [-0.25, -0.2) is 14.8 Å². The zero-order valence-corrected chi connectivity index (χ0v) is 19.4. The Kier molecular flexibility index (Phi) is 6.27. The van der Waals surface area contributed by atoms with Crippen molar-refractivity contribution in [3.63, 3.8) is 0 Å². The van der Waals surface area contributed by atoms with Crippen LogP contribution in [-0.4, -0.2) is 52.3 Å². The van der Waals surface area contributed by atoms with Gasteiger partial charge in [-0.15, -0.1) is 0 Å². The molecule has 176 valence electrons. The van der Waals surface area contributed by atoms with Crippen molar-refractivity contribution in [3.05, 3.63) is 54.9 Å². The van der Waals surface area contributed by atoms with Crippen LogP contribution in [0.2, 0.25) is 0 Å². The number of fused-ring (bicyclic) bond motifs is 2. The Labute approximate surface area is 199 Å². The molecule has 9 heteroatoms. The van der Waals surface area contributed by atoms with E-state index in [0.29, 0.717) is 29.3 Å². The maximum Gasteiger partial charge on any atom is 0.323 e. The van der Waals surface area contributed by atoms with Crippen molar-refractivity contribution in [2.45, 2.75) is 44.8 Å². The predicted octanol–water partition coefficient (Wildman–Crippen LogP) is 4.37. The third-order valence-electron chi connectivity index (χ3n) is 5.97. The van der Waals surface area contributed by atoms with Crippen LogP contribution in [0.15, 0.2) is 54.9 Å². The van der Waals surface area contributed by atoms with Gasteiger partial charge in [0.25, 0.3) is 0 Å². The molecule has 9 nitrogen and oxygen atoms in total. The van der Waals surface area contributed by atoms with Gasteiger partial charge in [-0.1, -0.05) is 0 Å². The summed E-state index contributed by atoms with van der Waals surface area (Å²) in [6.07, 6.45) is 5.50. The Morgan fingerprint density at radius 1 is 1.03 bits per heavy atom. The number of urea groups is 1. The number of anilines is 4. The summed E-state index contributed by atoms with van der Waals surface area (Å²) in [6.45, 7) is 5.67. The molecule has 0 aliphatic carbocycles. The number of amides is 2. The minimum atomic E-state index is -0.329. The molecule has 1 aromatic carbocycles. The number of carbonyl (C=O) groups is 1. The lowest BCUT2D eigenvalue weighted by atomic mass is 10.2. The Morgan fingerprint density at radius 2 is 1.76 bits per heavy atom. The van der Waals surface area contributed by atoms with Gasteiger partial charge in [-0.05, 0) is 63.1 Å². The summed E-state index contributed by atoms with van der Waals surface area (Å²) >= 11 is 0. The number of hydrogen-bond donors (Lipinski definition) is 3. The van der Waals surface area contributed by atoms with Crippen molar-refractivity contribution >= 4 is 29.0 Å². The molecule has 2 aromatic heterocycles. The third kappa shape index (κ3) is 4.94. The van der Waals surface area contributed by atoms with E-state index >= 15 is 0 Å². The number of aromatic nitrogens is 3. The molecular formula is C25H29N7O2. The first-order valence-corrected chi connectivity index (χ1v) is 11.7. The van der Waals surface area contributed by atoms with Gasteiger partial charge in [0.2, 0.25) is 0 Å². The zero-order valence-electron chi connectivity index (χ0n) is 19.4. The summed E-state index contributed by atoms with van der Waals surface area (Å²) in [5, 5.41) is 9.02. The van der Waals surface area contributed by atoms with Gasteiger partial charge in [-0.3, -0.25) is 4.98 Å². The van der Waals surface area contributed by atoms with Gasteiger partial charge >= 0.3 is 6.03 Å². The van der Waals surface area contributed by atoms with Crippen LogP contribution in [-0.2, 0) is 4.74 Å². The highest BCUT2D eigenvalue weighted by atomic mass is 16.5. The van der Waals surface area contributed by atoms with Crippen molar-refractivity contribution in [3.8, 4) is 11.4 Å². The summed E-state index contributed by atoms with van der Waals surface area (Å²) in [5.41, 5.74) is 2.18. The maximum absolute atomic E-state index is 12.3. The molecule has 2 saturated heterocycles. The minimum Gasteiger partial charge on any atom is -0.377 e. The summed E-state index contributed by atoms with van der Waals surface area (Å²) in [4.78, 5) is 28.4. The number of morpholine rings is 1.